The lowest BCUT2D eigenvalue weighted by Crippen LogP contribution is -2.30. The summed E-state index contributed by atoms with van der Waals surface area (Å²) in [6.07, 6.45) is 3.27. The van der Waals surface area contributed by atoms with Crippen molar-refractivity contribution in [3.05, 3.63) is 83.7 Å². The van der Waals surface area contributed by atoms with Gasteiger partial charge in [0, 0.05) is 30.5 Å². The molecule has 2 amide bonds. The van der Waals surface area contributed by atoms with E-state index >= 15 is 0 Å². The van der Waals surface area contributed by atoms with Crippen molar-refractivity contribution in [3.63, 3.8) is 0 Å². The van der Waals surface area contributed by atoms with Crippen LogP contribution in [-0.4, -0.2) is 39.6 Å². The Morgan fingerprint density at radius 1 is 0.964 bits per heavy atom. The number of nitrogens with one attached hydrogen (secondary N) is 1. The second kappa shape index (κ2) is 8.99. The Morgan fingerprint density at radius 2 is 1.64 bits per heavy atom. The first-order chi connectivity index (χ1) is 13.6. The fourth-order valence-electron chi connectivity index (χ4n) is 2.93. The number of benzene rings is 2. The first-order valence-corrected chi connectivity index (χ1v) is 9.37. The monoisotopic (exact) mass is 376 g/mol. The van der Waals surface area contributed by atoms with Gasteiger partial charge in [-0.1, -0.05) is 30.3 Å². The summed E-state index contributed by atoms with van der Waals surface area (Å²) < 4.78 is 1.73. The normalized spacial score (nSPS) is 10.5. The molecule has 2 aromatic carbocycles. The third kappa shape index (κ3) is 4.65. The summed E-state index contributed by atoms with van der Waals surface area (Å²) >= 11 is 0. The van der Waals surface area contributed by atoms with E-state index < -0.39 is 0 Å². The molecule has 28 heavy (non-hydrogen) atoms. The van der Waals surface area contributed by atoms with Crippen molar-refractivity contribution in [3.8, 4) is 0 Å². The van der Waals surface area contributed by atoms with Gasteiger partial charge in [-0.3, -0.25) is 14.3 Å². The second-order valence-corrected chi connectivity index (χ2v) is 6.42. The van der Waals surface area contributed by atoms with E-state index in [4.69, 9.17) is 0 Å². The van der Waals surface area contributed by atoms with Crippen LogP contribution in [0.2, 0.25) is 0 Å². The van der Waals surface area contributed by atoms with Gasteiger partial charge in [0.1, 0.15) is 0 Å². The zero-order valence-electron chi connectivity index (χ0n) is 16.1. The molecule has 3 rings (SSSR count). The standard InChI is InChI=1S/C22H24N4O2/c1-3-25(4-2)22(28)18-10-12-20(13-11-18)24-21(27)19-14-23-26(16-19)15-17-8-6-5-7-9-17/h5-14,16H,3-4,15H2,1-2H3,(H,24,27). The molecular weight excluding hydrogens is 352 g/mol. The predicted octanol–water partition coefficient (Wildman–Crippen LogP) is 3.67. The van der Waals surface area contributed by atoms with Gasteiger partial charge in [-0.25, -0.2) is 0 Å². The van der Waals surface area contributed by atoms with Gasteiger partial charge in [-0.2, -0.15) is 5.10 Å². The van der Waals surface area contributed by atoms with Crippen LogP contribution in [0.3, 0.4) is 0 Å². The summed E-state index contributed by atoms with van der Waals surface area (Å²) in [4.78, 5) is 26.6. The molecule has 1 heterocycles. The Bertz CT molecular complexity index is 929. The largest absolute Gasteiger partial charge is 0.339 e. The topological polar surface area (TPSA) is 67.2 Å². The number of hydrogen-bond donors (Lipinski definition) is 1. The smallest absolute Gasteiger partial charge is 0.258 e. The highest BCUT2D eigenvalue weighted by Gasteiger charge is 2.13. The molecule has 0 aliphatic carbocycles. The van der Waals surface area contributed by atoms with Crippen molar-refractivity contribution in [2.75, 3.05) is 18.4 Å². The van der Waals surface area contributed by atoms with Gasteiger partial charge in [0.15, 0.2) is 0 Å². The van der Waals surface area contributed by atoms with Crippen LogP contribution in [0.4, 0.5) is 5.69 Å². The fourth-order valence-corrected chi connectivity index (χ4v) is 2.93. The van der Waals surface area contributed by atoms with Gasteiger partial charge in [0.2, 0.25) is 0 Å². The molecule has 0 saturated carbocycles. The minimum atomic E-state index is -0.234. The van der Waals surface area contributed by atoms with Crippen LogP contribution >= 0.6 is 0 Å². The SMILES string of the molecule is CCN(CC)C(=O)c1ccc(NC(=O)c2cnn(Cc3ccccc3)c2)cc1. The van der Waals surface area contributed by atoms with Crippen LogP contribution in [0, 0.1) is 0 Å². The number of carbonyl (C=O) groups excluding carboxylic acids is 2. The zero-order chi connectivity index (χ0) is 19.9. The highest BCUT2D eigenvalue weighted by molar-refractivity contribution is 6.04. The molecule has 0 spiro atoms. The number of nitrogens with zero attached hydrogens (tertiary/aromatic N) is 3. The van der Waals surface area contributed by atoms with Crippen molar-refractivity contribution in [2.45, 2.75) is 20.4 Å². The molecule has 0 saturated heterocycles. The first kappa shape index (κ1) is 19.4. The minimum Gasteiger partial charge on any atom is -0.339 e. The molecule has 3 aromatic rings. The van der Waals surface area contributed by atoms with Crippen molar-refractivity contribution >= 4 is 17.5 Å². The first-order valence-electron chi connectivity index (χ1n) is 9.37. The number of aromatic nitrogens is 2. The summed E-state index contributed by atoms with van der Waals surface area (Å²) in [7, 11) is 0. The maximum Gasteiger partial charge on any atom is 0.258 e. The van der Waals surface area contributed by atoms with Crippen LogP contribution < -0.4 is 5.32 Å². The Labute approximate surface area is 164 Å². The van der Waals surface area contributed by atoms with Gasteiger partial charge in [0.05, 0.1) is 18.3 Å². The van der Waals surface area contributed by atoms with Gasteiger partial charge in [0.25, 0.3) is 11.8 Å². The lowest BCUT2D eigenvalue weighted by Gasteiger charge is -2.18. The van der Waals surface area contributed by atoms with Crippen LogP contribution in [0.25, 0.3) is 0 Å². The summed E-state index contributed by atoms with van der Waals surface area (Å²) in [5.41, 5.74) is 2.85. The Hall–Kier alpha value is -3.41. The molecule has 0 aliphatic heterocycles. The molecule has 0 atom stereocenters. The Morgan fingerprint density at radius 3 is 2.29 bits per heavy atom. The van der Waals surface area contributed by atoms with Crippen molar-refractivity contribution in [2.24, 2.45) is 0 Å². The molecule has 6 nitrogen and oxygen atoms in total. The molecule has 0 bridgehead atoms. The van der Waals surface area contributed by atoms with Crippen LogP contribution in [0.5, 0.6) is 0 Å². The third-order valence-corrected chi connectivity index (χ3v) is 4.52. The van der Waals surface area contributed by atoms with E-state index in [0.29, 0.717) is 36.4 Å². The zero-order valence-corrected chi connectivity index (χ0v) is 16.1. The highest BCUT2D eigenvalue weighted by atomic mass is 16.2. The van der Waals surface area contributed by atoms with Crippen LogP contribution in [-0.2, 0) is 6.54 Å². The maximum atomic E-state index is 12.5. The molecule has 1 N–H and O–H groups in total. The number of anilines is 1. The van der Waals surface area contributed by atoms with Crippen LogP contribution in [0.15, 0.2) is 67.0 Å². The summed E-state index contributed by atoms with van der Waals surface area (Å²) in [6, 6.07) is 16.9. The van der Waals surface area contributed by atoms with E-state index in [1.165, 1.54) is 0 Å². The summed E-state index contributed by atoms with van der Waals surface area (Å²) in [5, 5.41) is 7.10. The molecule has 0 aliphatic rings. The third-order valence-electron chi connectivity index (χ3n) is 4.52. The van der Waals surface area contributed by atoms with E-state index in [1.807, 2.05) is 44.2 Å². The second-order valence-electron chi connectivity index (χ2n) is 6.42. The Balaban J connectivity index is 1.63. The van der Waals surface area contributed by atoms with E-state index in [1.54, 1.807) is 46.2 Å². The van der Waals surface area contributed by atoms with E-state index in [0.717, 1.165) is 5.56 Å². The van der Waals surface area contributed by atoms with Crippen molar-refractivity contribution in [1.29, 1.82) is 0 Å². The predicted molar refractivity (Wildman–Crippen MR) is 109 cm³/mol. The number of carbonyl (C=O) groups is 2. The Kier molecular flexibility index (Phi) is 6.22. The maximum absolute atomic E-state index is 12.5. The molecule has 0 unspecified atom stereocenters. The van der Waals surface area contributed by atoms with Gasteiger partial charge < -0.3 is 10.2 Å². The van der Waals surface area contributed by atoms with Gasteiger partial charge >= 0.3 is 0 Å². The lowest BCUT2D eigenvalue weighted by molar-refractivity contribution is 0.0773. The molecular formula is C22H24N4O2. The number of rotatable bonds is 7. The van der Waals surface area contributed by atoms with Gasteiger partial charge in [-0.05, 0) is 43.7 Å². The van der Waals surface area contributed by atoms with Crippen LogP contribution in [0.1, 0.15) is 40.1 Å². The average Bonchev–Trinajstić information content (AvgIpc) is 3.19. The lowest BCUT2D eigenvalue weighted by atomic mass is 10.1. The average molecular weight is 376 g/mol. The number of amides is 2. The highest BCUT2D eigenvalue weighted by Crippen LogP contribution is 2.13. The molecule has 6 heteroatoms. The van der Waals surface area contributed by atoms with E-state index in [-0.39, 0.29) is 11.8 Å². The summed E-state index contributed by atoms with van der Waals surface area (Å²) in [5.74, 6) is -0.243. The van der Waals surface area contributed by atoms with Gasteiger partial charge in [-0.15, -0.1) is 0 Å². The van der Waals surface area contributed by atoms with Crippen molar-refractivity contribution < 1.29 is 9.59 Å². The molecule has 0 fully saturated rings. The van der Waals surface area contributed by atoms with Crippen molar-refractivity contribution in [1.82, 2.24) is 14.7 Å². The number of hydrogen-bond acceptors (Lipinski definition) is 3. The fraction of sp³-hybridized carbons (Fsp3) is 0.227. The quantitative estimate of drug-likeness (QED) is 0.684. The molecule has 1 aromatic heterocycles. The minimum absolute atomic E-state index is 0.00920. The van der Waals surface area contributed by atoms with E-state index in [2.05, 4.69) is 10.4 Å². The molecule has 0 radical (unpaired) electrons. The molecule has 144 valence electrons. The summed E-state index contributed by atoms with van der Waals surface area (Å²) in [6.45, 7) is 5.85. The van der Waals surface area contributed by atoms with E-state index in [9.17, 15) is 9.59 Å².